The third-order valence-corrected chi connectivity index (χ3v) is 6.57. The summed E-state index contributed by atoms with van der Waals surface area (Å²) in [5, 5.41) is 0. The van der Waals surface area contributed by atoms with E-state index in [9.17, 15) is 19.2 Å². The molecule has 10 nitrogen and oxygen atoms in total. The Morgan fingerprint density at radius 2 is 2.09 bits per heavy atom. The minimum absolute atomic E-state index is 0.0130. The van der Waals surface area contributed by atoms with Gasteiger partial charge in [0.1, 0.15) is 5.82 Å². The summed E-state index contributed by atoms with van der Waals surface area (Å²) in [5.41, 5.74) is 5.52. The molecule has 0 saturated carbocycles. The molecule has 2 amide bonds. The molecule has 1 aliphatic heterocycles. The number of hydrogen-bond acceptors (Lipinski definition) is 7. The van der Waals surface area contributed by atoms with Gasteiger partial charge in [0, 0.05) is 43.7 Å². The fraction of sp³-hybridized carbons (Fsp3) is 0.478. The van der Waals surface area contributed by atoms with E-state index in [-0.39, 0.29) is 43.5 Å². The molecule has 1 fully saturated rings. The van der Waals surface area contributed by atoms with Gasteiger partial charge in [-0.1, -0.05) is 19.4 Å². The molecule has 3 N–H and O–H groups in total. The van der Waals surface area contributed by atoms with Crippen molar-refractivity contribution >= 4 is 40.8 Å². The number of thioether (sulfide) groups is 1. The number of ether oxygens (including phenoxy) is 1. The third-order valence-electron chi connectivity index (χ3n) is 5.84. The topological polar surface area (TPSA) is 131 Å². The fourth-order valence-electron chi connectivity index (χ4n) is 4.01. The average Bonchev–Trinajstić information content (AvgIpc) is 3.22. The van der Waals surface area contributed by atoms with Gasteiger partial charge in [-0.2, -0.15) is 0 Å². The molecule has 0 spiro atoms. The van der Waals surface area contributed by atoms with Crippen molar-refractivity contribution in [2.45, 2.75) is 37.6 Å². The van der Waals surface area contributed by atoms with Crippen molar-refractivity contribution in [2.24, 2.45) is 5.92 Å². The quantitative estimate of drug-likeness (QED) is 0.486. The number of amides is 2. The monoisotopic (exact) mass is 489 g/mol. The number of nitrogens with two attached hydrogens (primary N) is 1. The van der Waals surface area contributed by atoms with Crippen LogP contribution in [0, 0.1) is 5.92 Å². The molecular formula is C23H31N5O5S. The van der Waals surface area contributed by atoms with Crippen molar-refractivity contribution in [3.63, 3.8) is 0 Å². The zero-order valence-corrected chi connectivity index (χ0v) is 20.5. The van der Waals surface area contributed by atoms with Gasteiger partial charge in [-0.3, -0.25) is 23.9 Å². The van der Waals surface area contributed by atoms with Crippen molar-refractivity contribution in [1.82, 2.24) is 9.55 Å². The number of unbranched alkanes of at least 4 members (excludes halogenated alkanes) is 1. The number of nitrogens with one attached hydrogen (secondary N) is 1. The SMILES string of the molecule is CCCCn1c(N)c(N(CCOC)C(=O)[C@H]2CC(=O)N(c3cccc(SC)c3)C2)c(=O)[nH]c1=O. The first kappa shape index (κ1) is 25.6. The Morgan fingerprint density at radius 1 is 1.32 bits per heavy atom. The Balaban J connectivity index is 1.95. The standard InChI is InChI=1S/C23H31N5O5S/c1-4-5-9-27-20(24)19(21(30)25-23(27)32)26(10-11-33-2)22(31)15-12-18(29)28(14-15)16-7-6-8-17(13-16)34-3/h6-8,13,15H,4-5,9-12,14,24H2,1-3H3,(H,25,30,32)/t15-/m0/s1. The van der Waals surface area contributed by atoms with Gasteiger partial charge in [-0.05, 0) is 30.9 Å². The highest BCUT2D eigenvalue weighted by Crippen LogP contribution is 2.30. The van der Waals surface area contributed by atoms with E-state index in [4.69, 9.17) is 10.5 Å². The number of H-pyrrole nitrogens is 1. The molecule has 1 saturated heterocycles. The summed E-state index contributed by atoms with van der Waals surface area (Å²) in [7, 11) is 1.48. The van der Waals surface area contributed by atoms with Gasteiger partial charge in [0.2, 0.25) is 11.8 Å². The van der Waals surface area contributed by atoms with Gasteiger partial charge in [0.15, 0.2) is 5.69 Å². The highest BCUT2D eigenvalue weighted by Gasteiger charge is 2.39. The lowest BCUT2D eigenvalue weighted by Gasteiger charge is -2.26. The van der Waals surface area contributed by atoms with Crippen LogP contribution in [0.15, 0.2) is 38.8 Å². The van der Waals surface area contributed by atoms with Crippen LogP contribution in [0.5, 0.6) is 0 Å². The maximum absolute atomic E-state index is 13.6. The molecule has 3 rings (SSSR count). The molecule has 1 atom stereocenters. The number of methoxy groups -OCH3 is 1. The number of anilines is 3. The number of hydrogen-bond donors (Lipinski definition) is 2. The number of rotatable bonds is 10. The smallest absolute Gasteiger partial charge is 0.330 e. The molecule has 184 valence electrons. The normalized spacial score (nSPS) is 15.7. The molecule has 2 heterocycles. The first-order valence-corrected chi connectivity index (χ1v) is 12.4. The van der Waals surface area contributed by atoms with Gasteiger partial charge in [-0.15, -0.1) is 11.8 Å². The Labute approximate surface area is 202 Å². The van der Waals surface area contributed by atoms with Crippen LogP contribution in [0.3, 0.4) is 0 Å². The molecule has 0 bridgehead atoms. The van der Waals surface area contributed by atoms with Crippen LogP contribution < -0.4 is 26.8 Å². The molecule has 34 heavy (non-hydrogen) atoms. The first-order valence-electron chi connectivity index (χ1n) is 11.2. The van der Waals surface area contributed by atoms with Crippen molar-refractivity contribution in [3.8, 4) is 0 Å². The van der Waals surface area contributed by atoms with Crippen LogP contribution in [0.25, 0.3) is 0 Å². The molecule has 0 unspecified atom stereocenters. The number of aromatic nitrogens is 2. The first-order chi connectivity index (χ1) is 16.3. The average molecular weight is 490 g/mol. The highest BCUT2D eigenvalue weighted by molar-refractivity contribution is 7.98. The lowest BCUT2D eigenvalue weighted by Crippen LogP contribution is -2.45. The Bertz CT molecular complexity index is 1160. The third kappa shape index (κ3) is 5.36. The zero-order valence-electron chi connectivity index (χ0n) is 19.7. The summed E-state index contributed by atoms with van der Waals surface area (Å²) in [4.78, 5) is 57.6. The minimum atomic E-state index is -0.742. The molecule has 11 heteroatoms. The molecular weight excluding hydrogens is 458 g/mol. The van der Waals surface area contributed by atoms with Gasteiger partial charge >= 0.3 is 5.69 Å². The molecule has 1 aromatic heterocycles. The van der Waals surface area contributed by atoms with Crippen LogP contribution >= 0.6 is 11.8 Å². The van der Waals surface area contributed by atoms with E-state index in [0.717, 1.165) is 17.0 Å². The maximum atomic E-state index is 13.6. The molecule has 2 aromatic rings. The lowest BCUT2D eigenvalue weighted by atomic mass is 10.1. The molecule has 1 aliphatic rings. The summed E-state index contributed by atoms with van der Waals surface area (Å²) in [6, 6.07) is 7.56. The van der Waals surface area contributed by atoms with E-state index in [1.165, 1.54) is 16.6 Å². The number of nitrogens with zero attached hydrogens (tertiary/aromatic N) is 3. The summed E-state index contributed by atoms with van der Waals surface area (Å²) >= 11 is 1.57. The van der Waals surface area contributed by atoms with E-state index in [0.29, 0.717) is 13.0 Å². The summed E-state index contributed by atoms with van der Waals surface area (Å²) < 4.78 is 6.42. The van der Waals surface area contributed by atoms with Crippen LogP contribution in [-0.4, -0.2) is 54.4 Å². The van der Waals surface area contributed by atoms with Crippen molar-refractivity contribution in [3.05, 3.63) is 45.1 Å². The van der Waals surface area contributed by atoms with Crippen LogP contribution in [-0.2, 0) is 20.9 Å². The van der Waals surface area contributed by atoms with E-state index < -0.39 is 23.1 Å². The highest BCUT2D eigenvalue weighted by atomic mass is 32.2. The Morgan fingerprint density at radius 3 is 2.76 bits per heavy atom. The second-order valence-electron chi connectivity index (χ2n) is 8.09. The van der Waals surface area contributed by atoms with E-state index in [2.05, 4.69) is 4.98 Å². The lowest BCUT2D eigenvalue weighted by molar-refractivity contribution is -0.124. The zero-order chi connectivity index (χ0) is 24.8. The Hall–Kier alpha value is -3.05. The van der Waals surface area contributed by atoms with E-state index in [1.807, 2.05) is 37.4 Å². The fourth-order valence-corrected chi connectivity index (χ4v) is 4.47. The summed E-state index contributed by atoms with van der Waals surface area (Å²) in [5.74, 6) is -1.32. The molecule has 0 aliphatic carbocycles. The minimum Gasteiger partial charge on any atom is -0.383 e. The molecule has 0 radical (unpaired) electrons. The number of aromatic amines is 1. The van der Waals surface area contributed by atoms with Gasteiger partial charge < -0.3 is 20.3 Å². The summed E-state index contributed by atoms with van der Waals surface area (Å²) in [6.07, 6.45) is 3.47. The maximum Gasteiger partial charge on any atom is 0.330 e. The predicted molar refractivity (Wildman–Crippen MR) is 134 cm³/mol. The predicted octanol–water partition coefficient (Wildman–Crippen LogP) is 1.67. The number of nitrogen functional groups attached to an aromatic ring is 1. The second-order valence-corrected chi connectivity index (χ2v) is 8.97. The van der Waals surface area contributed by atoms with Gasteiger partial charge in [0.25, 0.3) is 5.56 Å². The number of benzene rings is 1. The van der Waals surface area contributed by atoms with Crippen LogP contribution in [0.2, 0.25) is 0 Å². The van der Waals surface area contributed by atoms with Gasteiger partial charge in [0.05, 0.1) is 12.5 Å². The van der Waals surface area contributed by atoms with Crippen LogP contribution in [0.1, 0.15) is 26.2 Å². The van der Waals surface area contributed by atoms with E-state index in [1.54, 1.807) is 16.7 Å². The summed E-state index contributed by atoms with van der Waals surface area (Å²) in [6.45, 7) is 2.69. The second kappa shape index (κ2) is 11.4. The van der Waals surface area contributed by atoms with E-state index >= 15 is 0 Å². The van der Waals surface area contributed by atoms with Crippen molar-refractivity contribution < 1.29 is 14.3 Å². The van der Waals surface area contributed by atoms with Gasteiger partial charge in [-0.25, -0.2) is 4.79 Å². The number of carbonyl (C=O) groups excluding carboxylic acids is 2. The van der Waals surface area contributed by atoms with Crippen molar-refractivity contribution in [1.29, 1.82) is 0 Å². The molecule has 1 aromatic carbocycles. The number of carbonyl (C=O) groups is 2. The van der Waals surface area contributed by atoms with Crippen LogP contribution in [0.4, 0.5) is 17.2 Å². The Kier molecular flexibility index (Phi) is 8.56. The largest absolute Gasteiger partial charge is 0.383 e. The van der Waals surface area contributed by atoms with Crippen molar-refractivity contribution in [2.75, 3.05) is 48.6 Å².